The number of hydrogen-bond donors (Lipinski definition) is 1. The Morgan fingerprint density at radius 3 is 2.85 bits per heavy atom. The highest BCUT2D eigenvalue weighted by atomic mass is 19.1. The van der Waals surface area contributed by atoms with E-state index in [1.807, 2.05) is 0 Å². The third-order valence-corrected chi connectivity index (χ3v) is 2.55. The zero-order valence-corrected chi connectivity index (χ0v) is 10.6. The summed E-state index contributed by atoms with van der Waals surface area (Å²) in [6.07, 6.45) is 4.14. The largest absolute Gasteiger partial charge is 0.494 e. The van der Waals surface area contributed by atoms with Crippen molar-refractivity contribution >= 4 is 18.1 Å². The van der Waals surface area contributed by atoms with E-state index in [0.717, 1.165) is 6.33 Å². The van der Waals surface area contributed by atoms with Gasteiger partial charge in [0.15, 0.2) is 17.3 Å². The summed E-state index contributed by atoms with van der Waals surface area (Å²) in [5, 5.41) is 8.82. The van der Waals surface area contributed by atoms with Crippen molar-refractivity contribution in [2.75, 3.05) is 7.11 Å². The second kappa shape index (κ2) is 5.92. The zero-order chi connectivity index (χ0) is 14.5. The molecule has 0 bridgehead atoms. The van der Waals surface area contributed by atoms with Crippen molar-refractivity contribution in [2.45, 2.75) is 0 Å². The molecule has 0 atom stereocenters. The van der Waals surface area contributed by atoms with Crippen molar-refractivity contribution < 1.29 is 19.0 Å². The first-order valence-electron chi connectivity index (χ1n) is 5.67. The van der Waals surface area contributed by atoms with Gasteiger partial charge in [0.25, 0.3) is 0 Å². The number of aromatic carboxylic acids is 1. The molecule has 102 valence electrons. The first-order chi connectivity index (χ1) is 9.61. The molecule has 0 aliphatic heterocycles. The van der Waals surface area contributed by atoms with Crippen LogP contribution in [0.3, 0.4) is 0 Å². The maximum Gasteiger partial charge on any atom is 0.354 e. The van der Waals surface area contributed by atoms with Crippen molar-refractivity contribution in [1.82, 2.24) is 9.97 Å². The summed E-state index contributed by atoms with van der Waals surface area (Å²) in [6, 6.07) is 6.05. The van der Waals surface area contributed by atoms with Crippen LogP contribution >= 0.6 is 0 Å². The third-order valence-electron chi connectivity index (χ3n) is 2.55. The van der Waals surface area contributed by atoms with E-state index in [-0.39, 0.29) is 11.4 Å². The summed E-state index contributed by atoms with van der Waals surface area (Å²) in [7, 11) is 1.38. The molecule has 0 spiro atoms. The van der Waals surface area contributed by atoms with Crippen LogP contribution in [0.5, 0.6) is 5.75 Å². The van der Waals surface area contributed by atoms with Gasteiger partial charge in [-0.3, -0.25) is 0 Å². The van der Waals surface area contributed by atoms with Gasteiger partial charge in [-0.05, 0) is 24.3 Å². The molecule has 1 aromatic heterocycles. The number of methoxy groups -OCH3 is 1. The highest BCUT2D eigenvalue weighted by molar-refractivity contribution is 5.86. The summed E-state index contributed by atoms with van der Waals surface area (Å²) in [5.41, 5.74) is 0.574. The lowest BCUT2D eigenvalue weighted by Gasteiger charge is -2.03. The summed E-state index contributed by atoms with van der Waals surface area (Å²) in [4.78, 5) is 18.3. The molecule has 6 heteroatoms. The quantitative estimate of drug-likeness (QED) is 0.927. The molecular weight excluding hydrogens is 263 g/mol. The second-order valence-electron chi connectivity index (χ2n) is 3.83. The minimum atomic E-state index is -1.14. The number of carboxylic acids is 1. The molecule has 1 aromatic carbocycles. The molecule has 0 amide bonds. The normalized spacial score (nSPS) is 10.7. The number of carbonyl (C=O) groups is 1. The van der Waals surface area contributed by atoms with Gasteiger partial charge in [0.1, 0.15) is 6.33 Å². The van der Waals surface area contributed by atoms with Crippen molar-refractivity contribution in [1.29, 1.82) is 0 Å². The van der Waals surface area contributed by atoms with Crippen molar-refractivity contribution in [3.63, 3.8) is 0 Å². The average Bonchev–Trinajstić information content (AvgIpc) is 2.46. The maximum atomic E-state index is 13.9. The highest BCUT2D eigenvalue weighted by Crippen LogP contribution is 2.21. The Kier molecular flexibility index (Phi) is 4.05. The van der Waals surface area contributed by atoms with Crippen LogP contribution in [0.4, 0.5) is 4.39 Å². The van der Waals surface area contributed by atoms with Gasteiger partial charge in [-0.1, -0.05) is 12.1 Å². The van der Waals surface area contributed by atoms with Crippen LogP contribution in [0.25, 0.3) is 12.2 Å². The molecule has 5 nitrogen and oxygen atoms in total. The molecule has 2 aromatic rings. The number of rotatable bonds is 4. The topological polar surface area (TPSA) is 72.3 Å². The van der Waals surface area contributed by atoms with E-state index in [9.17, 15) is 9.18 Å². The SMILES string of the molecule is COc1cccc(/C=C/c2cc(C(=O)O)ncn2)c1F. The summed E-state index contributed by atoms with van der Waals surface area (Å²) in [5.74, 6) is -1.49. The molecule has 0 fully saturated rings. The van der Waals surface area contributed by atoms with E-state index in [0.29, 0.717) is 11.3 Å². The zero-order valence-electron chi connectivity index (χ0n) is 10.6. The van der Waals surface area contributed by atoms with Crippen LogP contribution in [-0.2, 0) is 0 Å². The Morgan fingerprint density at radius 2 is 2.15 bits per heavy atom. The van der Waals surface area contributed by atoms with Gasteiger partial charge in [-0.15, -0.1) is 0 Å². The van der Waals surface area contributed by atoms with Gasteiger partial charge < -0.3 is 9.84 Å². The number of aromatic nitrogens is 2. The molecular formula is C14H11FN2O3. The molecule has 1 N–H and O–H groups in total. The fourth-order valence-corrected chi connectivity index (χ4v) is 1.57. The lowest BCUT2D eigenvalue weighted by Crippen LogP contribution is -2.01. The first kappa shape index (κ1) is 13.7. The van der Waals surface area contributed by atoms with Crippen LogP contribution in [0.15, 0.2) is 30.6 Å². The second-order valence-corrected chi connectivity index (χ2v) is 3.83. The van der Waals surface area contributed by atoms with Gasteiger partial charge in [0, 0.05) is 5.56 Å². The average molecular weight is 274 g/mol. The van der Waals surface area contributed by atoms with Crippen molar-refractivity contribution in [3.05, 3.63) is 53.4 Å². The van der Waals surface area contributed by atoms with Gasteiger partial charge in [0.05, 0.1) is 12.8 Å². The van der Waals surface area contributed by atoms with Crippen LogP contribution in [0.2, 0.25) is 0 Å². The number of halogens is 1. The molecule has 2 rings (SSSR count). The van der Waals surface area contributed by atoms with E-state index >= 15 is 0 Å². The molecule has 1 heterocycles. The predicted octanol–water partition coefficient (Wildman–Crippen LogP) is 2.49. The fraction of sp³-hybridized carbons (Fsp3) is 0.0714. The predicted molar refractivity (Wildman–Crippen MR) is 70.9 cm³/mol. The van der Waals surface area contributed by atoms with E-state index in [1.54, 1.807) is 12.1 Å². The number of ether oxygens (including phenoxy) is 1. The molecule has 0 aliphatic carbocycles. The third kappa shape index (κ3) is 2.97. The number of nitrogens with zero attached hydrogens (tertiary/aromatic N) is 2. The molecule has 20 heavy (non-hydrogen) atoms. The summed E-state index contributed by atoms with van der Waals surface area (Å²) >= 11 is 0. The van der Waals surface area contributed by atoms with E-state index < -0.39 is 11.8 Å². The maximum absolute atomic E-state index is 13.9. The molecule has 0 saturated carbocycles. The lowest BCUT2D eigenvalue weighted by atomic mass is 10.1. The van der Waals surface area contributed by atoms with Crippen molar-refractivity contribution in [3.8, 4) is 5.75 Å². The fourth-order valence-electron chi connectivity index (χ4n) is 1.57. The Morgan fingerprint density at radius 1 is 1.35 bits per heavy atom. The van der Waals surface area contributed by atoms with Crippen molar-refractivity contribution in [2.24, 2.45) is 0 Å². The van der Waals surface area contributed by atoms with E-state index in [1.165, 1.54) is 31.4 Å². The van der Waals surface area contributed by atoms with Gasteiger partial charge in [-0.25, -0.2) is 19.2 Å². The van der Waals surface area contributed by atoms with Crippen LogP contribution in [-0.4, -0.2) is 28.2 Å². The van der Waals surface area contributed by atoms with E-state index in [2.05, 4.69) is 9.97 Å². The van der Waals surface area contributed by atoms with E-state index in [4.69, 9.17) is 9.84 Å². The molecule has 0 unspecified atom stereocenters. The molecule has 0 saturated heterocycles. The summed E-state index contributed by atoms with van der Waals surface area (Å²) in [6.45, 7) is 0. The molecule has 0 aliphatic rings. The van der Waals surface area contributed by atoms with Crippen LogP contribution in [0, 0.1) is 5.82 Å². The first-order valence-corrected chi connectivity index (χ1v) is 5.67. The number of benzene rings is 1. The van der Waals surface area contributed by atoms with Crippen LogP contribution < -0.4 is 4.74 Å². The minimum absolute atomic E-state index is 0.120. The highest BCUT2D eigenvalue weighted by Gasteiger charge is 2.06. The number of carboxylic acid groups (broad SMARTS) is 1. The van der Waals surface area contributed by atoms with Crippen LogP contribution in [0.1, 0.15) is 21.7 Å². The van der Waals surface area contributed by atoms with Gasteiger partial charge in [0.2, 0.25) is 0 Å². The minimum Gasteiger partial charge on any atom is -0.494 e. The monoisotopic (exact) mass is 274 g/mol. The number of hydrogen-bond acceptors (Lipinski definition) is 4. The standard InChI is InChI=1S/C14H11FN2O3/c1-20-12-4-2-3-9(13(12)15)5-6-10-7-11(14(18)19)17-8-16-10/h2-8H,1H3,(H,18,19)/b6-5+. The van der Waals surface area contributed by atoms with Gasteiger partial charge in [-0.2, -0.15) is 0 Å². The smallest absolute Gasteiger partial charge is 0.354 e. The Bertz CT molecular complexity index is 671. The Balaban J connectivity index is 2.30. The Labute approximate surface area is 114 Å². The lowest BCUT2D eigenvalue weighted by molar-refractivity contribution is 0.0690. The Hall–Kier alpha value is -2.76. The van der Waals surface area contributed by atoms with Gasteiger partial charge >= 0.3 is 5.97 Å². The summed E-state index contributed by atoms with van der Waals surface area (Å²) < 4.78 is 18.8. The molecule has 0 radical (unpaired) electrons.